The van der Waals surface area contributed by atoms with Crippen LogP contribution in [0.4, 0.5) is 4.39 Å². The van der Waals surface area contributed by atoms with Crippen LogP contribution in [0.15, 0.2) is 77.7 Å². The maximum atomic E-state index is 13.9. The molecule has 1 aliphatic heterocycles. The summed E-state index contributed by atoms with van der Waals surface area (Å²) in [5.41, 5.74) is 3.01. The molecule has 1 amide bonds. The van der Waals surface area contributed by atoms with E-state index in [2.05, 4.69) is 0 Å². The average Bonchev–Trinajstić information content (AvgIpc) is 2.94. The Balaban J connectivity index is 1.73. The van der Waals surface area contributed by atoms with Gasteiger partial charge in [-0.3, -0.25) is 4.79 Å². The summed E-state index contributed by atoms with van der Waals surface area (Å²) in [5, 5.41) is 9.96. The molecule has 1 heterocycles. The minimum atomic E-state index is -3.99. The fourth-order valence-electron chi connectivity index (χ4n) is 4.71. The normalized spacial score (nSPS) is 19.4. The molecule has 3 aromatic carbocycles. The van der Waals surface area contributed by atoms with Crippen LogP contribution >= 0.6 is 0 Å². The highest BCUT2D eigenvalue weighted by Gasteiger charge is 2.32. The highest BCUT2D eigenvalue weighted by molar-refractivity contribution is 7.89. The molecule has 9 heteroatoms. The van der Waals surface area contributed by atoms with Gasteiger partial charge in [0.1, 0.15) is 5.82 Å². The SMILES string of the molecule is C[C@@H]1CN([C@@H](C)CO)C(=O)c2ccccc2-c2ccccc2CO[C@H]1CN(C)S(=O)(=O)c1cccc(F)c1. The van der Waals surface area contributed by atoms with E-state index in [1.54, 1.807) is 17.9 Å². The lowest BCUT2D eigenvalue weighted by Crippen LogP contribution is -2.47. The van der Waals surface area contributed by atoms with Crippen molar-refractivity contribution in [2.45, 2.75) is 37.5 Å². The van der Waals surface area contributed by atoms with Crippen LogP contribution in [0.5, 0.6) is 0 Å². The van der Waals surface area contributed by atoms with Gasteiger partial charge in [-0.2, -0.15) is 4.31 Å². The third kappa shape index (κ3) is 5.81. The minimum Gasteiger partial charge on any atom is -0.394 e. The summed E-state index contributed by atoms with van der Waals surface area (Å²) in [4.78, 5) is 15.3. The fourth-order valence-corrected chi connectivity index (χ4v) is 5.93. The molecule has 0 bridgehead atoms. The van der Waals surface area contributed by atoms with E-state index in [1.807, 2.05) is 49.4 Å². The number of fused-ring (bicyclic) bond motifs is 3. The number of aliphatic hydroxyl groups excluding tert-OH is 1. The maximum absolute atomic E-state index is 13.9. The molecule has 0 aromatic heterocycles. The van der Waals surface area contributed by atoms with Gasteiger partial charge in [0.15, 0.2) is 0 Å². The van der Waals surface area contributed by atoms with Crippen molar-refractivity contribution in [3.05, 3.63) is 89.7 Å². The first-order valence-corrected chi connectivity index (χ1v) is 14.0. The number of carbonyl (C=O) groups is 1. The van der Waals surface area contributed by atoms with E-state index in [4.69, 9.17) is 4.74 Å². The van der Waals surface area contributed by atoms with Crippen molar-refractivity contribution in [3.8, 4) is 11.1 Å². The Labute approximate surface area is 223 Å². The summed E-state index contributed by atoms with van der Waals surface area (Å²) in [6.07, 6.45) is -0.598. The van der Waals surface area contributed by atoms with Gasteiger partial charge < -0.3 is 14.7 Å². The van der Waals surface area contributed by atoms with Crippen LogP contribution in [-0.2, 0) is 21.4 Å². The van der Waals surface area contributed by atoms with Crippen molar-refractivity contribution in [2.24, 2.45) is 5.92 Å². The third-order valence-electron chi connectivity index (χ3n) is 7.04. The van der Waals surface area contributed by atoms with Gasteiger partial charge in [0.2, 0.25) is 10.0 Å². The summed E-state index contributed by atoms with van der Waals surface area (Å²) in [5.74, 6) is -1.15. The first-order chi connectivity index (χ1) is 18.1. The first-order valence-electron chi connectivity index (χ1n) is 12.6. The largest absolute Gasteiger partial charge is 0.394 e. The molecule has 0 unspecified atom stereocenters. The standard InChI is InChI=1S/C29H33FN2O5S/c1-20-16-32(21(2)18-33)29(34)27-14-7-6-13-26(27)25-12-5-4-9-22(25)19-37-28(20)17-31(3)38(35,36)24-11-8-10-23(30)15-24/h4-15,20-21,28,33H,16-19H2,1-3H3/t20-,21+,28+/m1/s1. The molecule has 3 aromatic rings. The molecule has 0 saturated carbocycles. The highest BCUT2D eigenvalue weighted by Crippen LogP contribution is 2.31. The lowest BCUT2D eigenvalue weighted by Gasteiger charge is -2.35. The second-order valence-corrected chi connectivity index (χ2v) is 11.8. The van der Waals surface area contributed by atoms with E-state index in [-0.39, 0.29) is 43.0 Å². The van der Waals surface area contributed by atoms with Gasteiger partial charge in [0.25, 0.3) is 5.91 Å². The van der Waals surface area contributed by atoms with Gasteiger partial charge in [0, 0.05) is 31.6 Å². The zero-order valence-electron chi connectivity index (χ0n) is 21.7. The van der Waals surface area contributed by atoms with Crippen molar-refractivity contribution < 1.29 is 27.4 Å². The Hall–Kier alpha value is -3.11. The van der Waals surface area contributed by atoms with Crippen LogP contribution in [0.2, 0.25) is 0 Å². The summed E-state index contributed by atoms with van der Waals surface area (Å²) >= 11 is 0. The monoisotopic (exact) mass is 540 g/mol. The molecule has 4 rings (SSSR count). The van der Waals surface area contributed by atoms with Crippen LogP contribution in [0, 0.1) is 11.7 Å². The number of nitrogens with zero attached hydrogens (tertiary/aromatic N) is 2. The number of halogens is 1. The van der Waals surface area contributed by atoms with E-state index in [0.29, 0.717) is 5.56 Å². The van der Waals surface area contributed by atoms with Crippen LogP contribution in [0.25, 0.3) is 11.1 Å². The average molecular weight is 541 g/mol. The highest BCUT2D eigenvalue weighted by atomic mass is 32.2. The summed E-state index contributed by atoms with van der Waals surface area (Å²) in [7, 11) is -2.55. The molecule has 3 atom stereocenters. The van der Waals surface area contributed by atoms with E-state index in [1.165, 1.54) is 25.2 Å². The number of amides is 1. The van der Waals surface area contributed by atoms with E-state index < -0.39 is 28.0 Å². The van der Waals surface area contributed by atoms with Gasteiger partial charge in [-0.05, 0) is 47.9 Å². The minimum absolute atomic E-state index is 0.00926. The van der Waals surface area contributed by atoms with Gasteiger partial charge >= 0.3 is 0 Å². The Bertz CT molecular complexity index is 1400. The van der Waals surface area contributed by atoms with E-state index in [0.717, 1.165) is 27.1 Å². The van der Waals surface area contributed by atoms with Crippen LogP contribution < -0.4 is 0 Å². The number of likely N-dealkylation sites (N-methyl/N-ethyl adjacent to an activating group) is 1. The number of ether oxygens (including phenoxy) is 1. The van der Waals surface area contributed by atoms with Gasteiger partial charge in [0.05, 0.1) is 30.3 Å². The molecule has 202 valence electrons. The molecule has 0 radical (unpaired) electrons. The van der Waals surface area contributed by atoms with Crippen molar-refractivity contribution >= 4 is 15.9 Å². The number of benzene rings is 3. The summed E-state index contributed by atoms with van der Waals surface area (Å²) in [6.45, 7) is 3.88. The van der Waals surface area contributed by atoms with Crippen LogP contribution in [0.3, 0.4) is 0 Å². The Morgan fingerprint density at radius 2 is 1.71 bits per heavy atom. The number of rotatable bonds is 6. The lowest BCUT2D eigenvalue weighted by molar-refractivity contribution is -0.0146. The quantitative estimate of drug-likeness (QED) is 0.507. The van der Waals surface area contributed by atoms with Crippen molar-refractivity contribution in [1.29, 1.82) is 0 Å². The molecule has 1 aliphatic rings. The zero-order valence-corrected chi connectivity index (χ0v) is 22.6. The number of aliphatic hydroxyl groups is 1. The summed E-state index contributed by atoms with van der Waals surface area (Å²) < 4.78 is 47.7. The Morgan fingerprint density at radius 3 is 2.39 bits per heavy atom. The molecule has 0 fully saturated rings. The van der Waals surface area contributed by atoms with Gasteiger partial charge in [-0.15, -0.1) is 0 Å². The topological polar surface area (TPSA) is 87.2 Å². The van der Waals surface area contributed by atoms with E-state index >= 15 is 0 Å². The molecule has 7 nitrogen and oxygen atoms in total. The van der Waals surface area contributed by atoms with Crippen molar-refractivity contribution in [2.75, 3.05) is 26.7 Å². The second kappa shape index (κ2) is 11.7. The number of sulfonamides is 1. The molecule has 1 N–H and O–H groups in total. The zero-order chi connectivity index (χ0) is 27.4. The van der Waals surface area contributed by atoms with E-state index in [9.17, 15) is 22.7 Å². The molecule has 38 heavy (non-hydrogen) atoms. The fraction of sp³-hybridized carbons (Fsp3) is 0.345. The van der Waals surface area contributed by atoms with Crippen molar-refractivity contribution in [3.63, 3.8) is 0 Å². The third-order valence-corrected chi connectivity index (χ3v) is 8.86. The molecular formula is C29H33FN2O5S. The molecular weight excluding hydrogens is 507 g/mol. The maximum Gasteiger partial charge on any atom is 0.254 e. The van der Waals surface area contributed by atoms with Gasteiger partial charge in [-0.1, -0.05) is 55.5 Å². The summed E-state index contributed by atoms with van der Waals surface area (Å²) in [6, 6.07) is 19.4. The number of hydrogen-bond acceptors (Lipinski definition) is 5. The molecule has 0 spiro atoms. The number of carbonyl (C=O) groups excluding carboxylic acids is 1. The Morgan fingerprint density at radius 1 is 1.05 bits per heavy atom. The molecule has 0 saturated heterocycles. The van der Waals surface area contributed by atoms with Crippen LogP contribution in [-0.4, -0.2) is 67.5 Å². The van der Waals surface area contributed by atoms with Crippen molar-refractivity contribution in [1.82, 2.24) is 9.21 Å². The predicted octanol–water partition coefficient (Wildman–Crippen LogP) is 4.17. The Kier molecular flexibility index (Phi) is 8.62. The van der Waals surface area contributed by atoms with Gasteiger partial charge in [-0.25, -0.2) is 12.8 Å². The predicted molar refractivity (Wildman–Crippen MR) is 143 cm³/mol. The smallest absolute Gasteiger partial charge is 0.254 e. The second-order valence-electron chi connectivity index (χ2n) is 9.76. The number of hydrogen-bond donors (Lipinski definition) is 1. The molecule has 0 aliphatic carbocycles. The first kappa shape index (κ1) is 27.9. The van der Waals surface area contributed by atoms with Crippen LogP contribution in [0.1, 0.15) is 29.8 Å². The lowest BCUT2D eigenvalue weighted by atomic mass is 9.94.